The van der Waals surface area contributed by atoms with Crippen molar-refractivity contribution >= 4 is 0 Å². The van der Waals surface area contributed by atoms with Gasteiger partial charge in [-0.1, -0.05) is 18.2 Å². The van der Waals surface area contributed by atoms with E-state index in [0.29, 0.717) is 6.04 Å². The molecule has 1 aromatic carbocycles. The van der Waals surface area contributed by atoms with Gasteiger partial charge in [-0.15, -0.1) is 0 Å². The van der Waals surface area contributed by atoms with Crippen molar-refractivity contribution in [3.05, 3.63) is 30.3 Å². The number of nitrogens with zero attached hydrogens (tertiary/aromatic N) is 1. The average molecular weight is 260 g/mol. The molecule has 1 heterocycles. The largest absolute Gasteiger partial charge is 0.492 e. The van der Waals surface area contributed by atoms with Crippen molar-refractivity contribution in [1.82, 2.24) is 10.2 Å². The van der Waals surface area contributed by atoms with E-state index in [1.54, 1.807) is 0 Å². The fourth-order valence-corrected chi connectivity index (χ4v) is 3.00. The summed E-state index contributed by atoms with van der Waals surface area (Å²) in [4.78, 5) is 2.63. The molecule has 0 spiro atoms. The molecule has 1 N–H and O–H groups in total. The van der Waals surface area contributed by atoms with Gasteiger partial charge in [-0.25, -0.2) is 0 Å². The first kappa shape index (κ1) is 12.9. The van der Waals surface area contributed by atoms with Crippen LogP contribution in [0.15, 0.2) is 30.3 Å². The van der Waals surface area contributed by atoms with Crippen molar-refractivity contribution in [2.24, 2.45) is 5.92 Å². The molecular formula is C16H24N2O. The van der Waals surface area contributed by atoms with Gasteiger partial charge in [0.15, 0.2) is 0 Å². The van der Waals surface area contributed by atoms with Gasteiger partial charge in [-0.3, -0.25) is 4.90 Å². The standard InChI is InChI=1S/C16H24N2O/c1-13-12-18(16(11-17-13)14-7-8-14)9-10-19-15-5-3-2-4-6-15/h2-6,13-14,16-17H,7-12H2,1H3. The zero-order valence-corrected chi connectivity index (χ0v) is 11.7. The highest BCUT2D eigenvalue weighted by Gasteiger charge is 2.37. The summed E-state index contributed by atoms with van der Waals surface area (Å²) in [6.45, 7) is 6.41. The number of para-hydroxylation sites is 1. The predicted octanol–water partition coefficient (Wildman–Crippen LogP) is 2.14. The van der Waals surface area contributed by atoms with E-state index in [9.17, 15) is 0 Å². The van der Waals surface area contributed by atoms with Gasteiger partial charge in [0.25, 0.3) is 0 Å². The maximum Gasteiger partial charge on any atom is 0.119 e. The second-order valence-electron chi connectivity index (χ2n) is 5.87. The van der Waals surface area contributed by atoms with Crippen molar-refractivity contribution < 1.29 is 4.74 Å². The summed E-state index contributed by atoms with van der Waals surface area (Å²) in [5, 5.41) is 3.61. The Hall–Kier alpha value is -1.06. The minimum atomic E-state index is 0.603. The number of nitrogens with one attached hydrogen (secondary N) is 1. The van der Waals surface area contributed by atoms with E-state index in [1.807, 2.05) is 30.3 Å². The molecule has 0 amide bonds. The SMILES string of the molecule is CC1CN(CCOc2ccccc2)C(C2CC2)CN1. The Morgan fingerprint density at radius 2 is 2.05 bits per heavy atom. The molecule has 2 atom stereocenters. The van der Waals surface area contributed by atoms with E-state index in [0.717, 1.165) is 44.0 Å². The highest BCUT2D eigenvalue weighted by Crippen LogP contribution is 2.36. The molecule has 1 aromatic rings. The topological polar surface area (TPSA) is 24.5 Å². The van der Waals surface area contributed by atoms with Crippen molar-refractivity contribution in [1.29, 1.82) is 0 Å². The molecule has 0 aromatic heterocycles. The lowest BCUT2D eigenvalue weighted by atomic mass is 10.1. The van der Waals surface area contributed by atoms with Crippen LogP contribution in [-0.2, 0) is 0 Å². The number of piperazine rings is 1. The van der Waals surface area contributed by atoms with Crippen LogP contribution in [0.5, 0.6) is 5.75 Å². The number of hydrogen-bond acceptors (Lipinski definition) is 3. The van der Waals surface area contributed by atoms with E-state index in [1.165, 1.54) is 12.8 Å². The van der Waals surface area contributed by atoms with Gasteiger partial charge in [-0.05, 0) is 37.8 Å². The Morgan fingerprint density at radius 1 is 1.26 bits per heavy atom. The van der Waals surface area contributed by atoms with Crippen LogP contribution in [0.25, 0.3) is 0 Å². The summed E-state index contributed by atoms with van der Waals surface area (Å²) in [5.41, 5.74) is 0. The van der Waals surface area contributed by atoms with Gasteiger partial charge in [0, 0.05) is 31.7 Å². The lowest BCUT2D eigenvalue weighted by Crippen LogP contribution is -2.57. The molecule has 19 heavy (non-hydrogen) atoms. The van der Waals surface area contributed by atoms with E-state index in [4.69, 9.17) is 4.74 Å². The molecule has 0 radical (unpaired) electrons. The molecule has 3 rings (SSSR count). The molecule has 1 aliphatic heterocycles. The minimum Gasteiger partial charge on any atom is -0.492 e. The molecule has 1 aliphatic carbocycles. The third kappa shape index (κ3) is 3.48. The molecule has 104 valence electrons. The highest BCUT2D eigenvalue weighted by molar-refractivity contribution is 5.20. The first-order valence-corrected chi connectivity index (χ1v) is 7.48. The smallest absolute Gasteiger partial charge is 0.119 e. The number of benzene rings is 1. The Kier molecular flexibility index (Phi) is 4.04. The summed E-state index contributed by atoms with van der Waals surface area (Å²) in [7, 11) is 0. The Bertz CT molecular complexity index is 391. The van der Waals surface area contributed by atoms with Gasteiger partial charge >= 0.3 is 0 Å². The van der Waals surface area contributed by atoms with Crippen LogP contribution in [0, 0.1) is 5.92 Å². The molecule has 1 saturated carbocycles. The van der Waals surface area contributed by atoms with Crippen LogP contribution in [0.3, 0.4) is 0 Å². The van der Waals surface area contributed by atoms with Crippen molar-refractivity contribution in [2.75, 3.05) is 26.2 Å². The first-order chi connectivity index (χ1) is 9.33. The fourth-order valence-electron chi connectivity index (χ4n) is 3.00. The van der Waals surface area contributed by atoms with E-state index in [-0.39, 0.29) is 0 Å². The summed E-state index contributed by atoms with van der Waals surface area (Å²) < 4.78 is 5.83. The number of hydrogen-bond donors (Lipinski definition) is 1. The second-order valence-corrected chi connectivity index (χ2v) is 5.87. The summed E-state index contributed by atoms with van der Waals surface area (Å²) in [6, 6.07) is 11.5. The zero-order chi connectivity index (χ0) is 13.1. The fraction of sp³-hybridized carbons (Fsp3) is 0.625. The van der Waals surface area contributed by atoms with Gasteiger partial charge < -0.3 is 10.1 Å². The van der Waals surface area contributed by atoms with Crippen molar-refractivity contribution in [3.8, 4) is 5.75 Å². The monoisotopic (exact) mass is 260 g/mol. The highest BCUT2D eigenvalue weighted by atomic mass is 16.5. The van der Waals surface area contributed by atoms with Crippen LogP contribution in [0.2, 0.25) is 0 Å². The summed E-state index contributed by atoms with van der Waals surface area (Å²) >= 11 is 0. The van der Waals surface area contributed by atoms with Crippen molar-refractivity contribution in [3.63, 3.8) is 0 Å². The third-order valence-electron chi connectivity index (χ3n) is 4.21. The molecule has 2 unspecified atom stereocenters. The molecule has 2 aliphatic rings. The predicted molar refractivity (Wildman–Crippen MR) is 77.5 cm³/mol. The third-order valence-corrected chi connectivity index (χ3v) is 4.21. The molecule has 2 fully saturated rings. The molecule has 0 bridgehead atoms. The first-order valence-electron chi connectivity index (χ1n) is 7.48. The lowest BCUT2D eigenvalue weighted by Gasteiger charge is -2.39. The van der Waals surface area contributed by atoms with Crippen LogP contribution in [0.4, 0.5) is 0 Å². The maximum absolute atomic E-state index is 5.83. The maximum atomic E-state index is 5.83. The van der Waals surface area contributed by atoms with Gasteiger partial charge in [0.05, 0.1) is 0 Å². The second kappa shape index (κ2) is 5.93. The van der Waals surface area contributed by atoms with Gasteiger partial charge in [0.2, 0.25) is 0 Å². The molecule has 1 saturated heterocycles. The van der Waals surface area contributed by atoms with Gasteiger partial charge in [-0.2, -0.15) is 0 Å². The van der Waals surface area contributed by atoms with E-state index >= 15 is 0 Å². The van der Waals surface area contributed by atoms with Crippen molar-refractivity contribution in [2.45, 2.75) is 31.8 Å². The summed E-state index contributed by atoms with van der Waals surface area (Å²) in [6.07, 6.45) is 2.83. The van der Waals surface area contributed by atoms with Crippen LogP contribution >= 0.6 is 0 Å². The van der Waals surface area contributed by atoms with Gasteiger partial charge in [0.1, 0.15) is 12.4 Å². The number of rotatable bonds is 5. The van der Waals surface area contributed by atoms with E-state index < -0.39 is 0 Å². The van der Waals surface area contributed by atoms with Crippen LogP contribution in [0.1, 0.15) is 19.8 Å². The molecular weight excluding hydrogens is 236 g/mol. The van der Waals surface area contributed by atoms with Crippen LogP contribution < -0.4 is 10.1 Å². The Balaban J connectivity index is 1.49. The quantitative estimate of drug-likeness (QED) is 0.878. The number of ether oxygens (including phenoxy) is 1. The normalized spacial score (nSPS) is 28.3. The van der Waals surface area contributed by atoms with E-state index in [2.05, 4.69) is 17.1 Å². The Labute approximate surface area is 115 Å². The zero-order valence-electron chi connectivity index (χ0n) is 11.7. The minimum absolute atomic E-state index is 0.603. The molecule has 3 nitrogen and oxygen atoms in total. The van der Waals surface area contributed by atoms with Crippen LogP contribution in [-0.4, -0.2) is 43.2 Å². The Morgan fingerprint density at radius 3 is 2.79 bits per heavy atom. The average Bonchev–Trinajstić information content (AvgIpc) is 3.25. The molecule has 3 heteroatoms. The lowest BCUT2D eigenvalue weighted by molar-refractivity contribution is 0.100. The summed E-state index contributed by atoms with van der Waals surface area (Å²) in [5.74, 6) is 1.91.